The van der Waals surface area contributed by atoms with Crippen molar-refractivity contribution in [2.45, 2.75) is 5.16 Å². The van der Waals surface area contributed by atoms with E-state index in [1.165, 1.54) is 23.1 Å². The fraction of sp³-hybridized carbons (Fsp3) is 0.0909. The number of ether oxygens (including phenoxy) is 3. The molecule has 2 aromatic heterocycles. The van der Waals surface area contributed by atoms with Crippen LogP contribution >= 0.6 is 23.1 Å². The molecule has 6 rings (SSSR count). The third kappa shape index (κ3) is 6.94. The lowest BCUT2D eigenvalue weighted by Gasteiger charge is -2.10. The van der Waals surface area contributed by atoms with Gasteiger partial charge >= 0.3 is 0 Å². The number of anilines is 1. The Balaban J connectivity index is 1.22. The van der Waals surface area contributed by atoms with Crippen molar-refractivity contribution in [2.24, 2.45) is 0 Å². The van der Waals surface area contributed by atoms with Crippen molar-refractivity contribution in [3.8, 4) is 45.5 Å². The molecule has 0 saturated carbocycles. The first-order valence-electron chi connectivity index (χ1n) is 13.3. The molecule has 10 heteroatoms. The second-order valence-corrected chi connectivity index (χ2v) is 11.3. The Hall–Kier alpha value is -4.93. The molecular weight excluding hydrogens is 581 g/mol. The summed E-state index contributed by atoms with van der Waals surface area (Å²) in [5, 5.41) is 3.91. The lowest BCUT2D eigenvalue weighted by Crippen LogP contribution is -2.14. The SMILES string of the molecule is COc1ccc(-c2cc(-c3ccc(Oc4ccccc4)cc3)nc(SCC(=O)Nc3nc4ccc(OC)cc4s3)n2)cc1. The fourth-order valence-electron chi connectivity index (χ4n) is 4.24. The summed E-state index contributed by atoms with van der Waals surface area (Å²) < 4.78 is 17.5. The quantitative estimate of drug-likeness (QED) is 0.124. The van der Waals surface area contributed by atoms with Crippen molar-refractivity contribution < 1.29 is 19.0 Å². The molecule has 0 radical (unpaired) electrons. The first-order chi connectivity index (χ1) is 21.1. The van der Waals surface area contributed by atoms with Gasteiger partial charge in [-0.3, -0.25) is 4.79 Å². The van der Waals surface area contributed by atoms with Gasteiger partial charge in [-0.25, -0.2) is 15.0 Å². The van der Waals surface area contributed by atoms with E-state index in [2.05, 4.69) is 10.3 Å². The van der Waals surface area contributed by atoms with Gasteiger partial charge in [-0.1, -0.05) is 41.3 Å². The maximum atomic E-state index is 12.9. The van der Waals surface area contributed by atoms with E-state index < -0.39 is 0 Å². The minimum atomic E-state index is -0.196. The van der Waals surface area contributed by atoms with Gasteiger partial charge in [0.15, 0.2) is 10.3 Å². The van der Waals surface area contributed by atoms with Crippen molar-refractivity contribution >= 4 is 44.4 Å². The fourth-order valence-corrected chi connectivity index (χ4v) is 5.81. The third-order valence-electron chi connectivity index (χ3n) is 6.39. The van der Waals surface area contributed by atoms with Crippen LogP contribution in [0.1, 0.15) is 0 Å². The van der Waals surface area contributed by atoms with E-state index in [4.69, 9.17) is 24.2 Å². The molecule has 2 heterocycles. The average molecular weight is 607 g/mol. The lowest BCUT2D eigenvalue weighted by molar-refractivity contribution is -0.113. The highest BCUT2D eigenvalue weighted by atomic mass is 32.2. The second-order valence-electron chi connectivity index (χ2n) is 9.28. The molecule has 1 N–H and O–H groups in total. The highest BCUT2D eigenvalue weighted by Gasteiger charge is 2.14. The van der Waals surface area contributed by atoms with Gasteiger partial charge in [0.1, 0.15) is 23.0 Å². The topological polar surface area (TPSA) is 95.5 Å². The number of amides is 1. The van der Waals surface area contributed by atoms with E-state index in [0.717, 1.165) is 55.7 Å². The summed E-state index contributed by atoms with van der Waals surface area (Å²) >= 11 is 2.66. The van der Waals surface area contributed by atoms with Crippen LogP contribution in [0.15, 0.2) is 108 Å². The van der Waals surface area contributed by atoms with Crippen molar-refractivity contribution in [1.82, 2.24) is 15.0 Å². The second kappa shape index (κ2) is 12.9. The number of nitrogens with one attached hydrogen (secondary N) is 1. The van der Waals surface area contributed by atoms with Crippen LogP contribution < -0.4 is 19.5 Å². The molecule has 8 nitrogen and oxygen atoms in total. The molecule has 0 spiro atoms. The summed E-state index contributed by atoms with van der Waals surface area (Å²) in [7, 11) is 3.25. The van der Waals surface area contributed by atoms with Crippen LogP contribution in [0.4, 0.5) is 5.13 Å². The normalized spacial score (nSPS) is 10.8. The maximum absolute atomic E-state index is 12.9. The Labute approximate surface area is 256 Å². The van der Waals surface area contributed by atoms with Gasteiger partial charge in [0.05, 0.1) is 41.6 Å². The zero-order chi connectivity index (χ0) is 29.6. The van der Waals surface area contributed by atoms with Gasteiger partial charge in [0, 0.05) is 11.1 Å². The number of fused-ring (bicyclic) bond motifs is 1. The molecule has 0 saturated heterocycles. The molecule has 6 aromatic rings. The molecule has 214 valence electrons. The number of thioether (sulfide) groups is 1. The van der Waals surface area contributed by atoms with Gasteiger partial charge < -0.3 is 19.5 Å². The maximum Gasteiger partial charge on any atom is 0.236 e. The van der Waals surface area contributed by atoms with Gasteiger partial charge in [-0.2, -0.15) is 0 Å². The van der Waals surface area contributed by atoms with Crippen molar-refractivity contribution in [3.05, 3.63) is 103 Å². The highest BCUT2D eigenvalue weighted by molar-refractivity contribution is 7.99. The largest absolute Gasteiger partial charge is 0.497 e. The van der Waals surface area contributed by atoms with E-state index >= 15 is 0 Å². The molecule has 0 aliphatic rings. The summed E-state index contributed by atoms with van der Waals surface area (Å²) in [4.78, 5) is 26.9. The number of benzene rings is 4. The third-order valence-corrected chi connectivity index (χ3v) is 8.18. The molecule has 0 atom stereocenters. The van der Waals surface area contributed by atoms with E-state index in [-0.39, 0.29) is 11.7 Å². The molecular formula is C33H26N4O4S2. The predicted octanol–water partition coefficient (Wildman–Crippen LogP) is 7.96. The van der Waals surface area contributed by atoms with Gasteiger partial charge in [-0.05, 0) is 84.9 Å². The van der Waals surface area contributed by atoms with Crippen molar-refractivity contribution in [2.75, 3.05) is 25.3 Å². The summed E-state index contributed by atoms with van der Waals surface area (Å²) in [5.74, 6) is 2.91. The first-order valence-corrected chi connectivity index (χ1v) is 15.1. The van der Waals surface area contributed by atoms with E-state index in [0.29, 0.717) is 10.3 Å². The van der Waals surface area contributed by atoms with Crippen LogP contribution in [-0.2, 0) is 4.79 Å². The van der Waals surface area contributed by atoms with E-state index in [1.807, 2.05) is 103 Å². The Morgan fingerprint density at radius 2 is 1.33 bits per heavy atom. The highest BCUT2D eigenvalue weighted by Crippen LogP contribution is 2.31. The molecule has 0 bridgehead atoms. The number of aromatic nitrogens is 3. The van der Waals surface area contributed by atoms with Gasteiger partial charge in [0.25, 0.3) is 0 Å². The number of rotatable bonds is 10. The number of thiazole rings is 1. The Kier molecular flexibility index (Phi) is 8.48. The number of hydrogen-bond acceptors (Lipinski definition) is 9. The molecule has 1 amide bonds. The molecule has 0 aliphatic carbocycles. The molecule has 0 aliphatic heterocycles. The van der Waals surface area contributed by atoms with E-state index in [1.54, 1.807) is 14.2 Å². The predicted molar refractivity (Wildman–Crippen MR) is 171 cm³/mol. The summed E-state index contributed by atoms with van der Waals surface area (Å²) in [6, 6.07) is 32.6. The minimum absolute atomic E-state index is 0.120. The van der Waals surface area contributed by atoms with Crippen molar-refractivity contribution in [1.29, 1.82) is 0 Å². The minimum Gasteiger partial charge on any atom is -0.497 e. The van der Waals surface area contributed by atoms with Crippen LogP contribution in [0.5, 0.6) is 23.0 Å². The number of hydrogen-bond donors (Lipinski definition) is 1. The smallest absolute Gasteiger partial charge is 0.236 e. The zero-order valence-electron chi connectivity index (χ0n) is 23.3. The van der Waals surface area contributed by atoms with Crippen LogP contribution in [0.3, 0.4) is 0 Å². The molecule has 4 aromatic carbocycles. The standard InChI is InChI=1S/C33H26N4O4S2/c1-39-23-12-8-21(9-13-23)28-19-29(22-10-14-25(15-11-22)41-24-6-4-3-5-7-24)36-32(35-28)42-20-31(38)37-33-34-27-17-16-26(40-2)18-30(27)43-33/h3-19H,20H2,1-2H3,(H,34,37,38). The van der Waals surface area contributed by atoms with Crippen LogP contribution in [-0.4, -0.2) is 40.8 Å². The number of carbonyl (C=O) groups excluding carboxylic acids is 1. The van der Waals surface area contributed by atoms with Gasteiger partial charge in [-0.15, -0.1) is 0 Å². The number of nitrogens with zero attached hydrogens (tertiary/aromatic N) is 3. The average Bonchev–Trinajstić information content (AvgIpc) is 3.46. The number of para-hydroxylation sites is 1. The molecule has 0 fully saturated rings. The Morgan fingerprint density at radius 3 is 1.98 bits per heavy atom. The first kappa shape index (κ1) is 28.2. The Morgan fingerprint density at radius 1 is 0.721 bits per heavy atom. The van der Waals surface area contributed by atoms with Crippen LogP contribution in [0.25, 0.3) is 32.7 Å². The van der Waals surface area contributed by atoms with Gasteiger partial charge in [0.2, 0.25) is 5.91 Å². The number of carbonyl (C=O) groups is 1. The Bertz CT molecular complexity index is 1860. The molecule has 0 unspecified atom stereocenters. The number of methoxy groups -OCH3 is 2. The van der Waals surface area contributed by atoms with Crippen LogP contribution in [0, 0.1) is 0 Å². The van der Waals surface area contributed by atoms with E-state index in [9.17, 15) is 4.79 Å². The summed E-state index contributed by atoms with van der Waals surface area (Å²) in [6.07, 6.45) is 0. The zero-order valence-corrected chi connectivity index (χ0v) is 24.9. The lowest BCUT2D eigenvalue weighted by atomic mass is 10.1. The van der Waals surface area contributed by atoms with Crippen LogP contribution in [0.2, 0.25) is 0 Å². The molecule has 43 heavy (non-hydrogen) atoms. The summed E-state index contributed by atoms with van der Waals surface area (Å²) in [6.45, 7) is 0. The summed E-state index contributed by atoms with van der Waals surface area (Å²) in [5.41, 5.74) is 4.07. The monoisotopic (exact) mass is 606 g/mol. The van der Waals surface area contributed by atoms with Crippen molar-refractivity contribution in [3.63, 3.8) is 0 Å².